The lowest BCUT2D eigenvalue weighted by atomic mass is 10.2. The summed E-state index contributed by atoms with van der Waals surface area (Å²) in [7, 11) is 0. The standard InChI is InChI=1S/C15H20BrF2NO3/c1-9-5-19(6-10(2)22-9)7-12(20)8-21-15-13(17)3-11(16)4-14(15)18/h3-4,9-10,12,20H,5-8H2,1-2H3/t9-,10+,12-/m1/s1. The summed E-state index contributed by atoms with van der Waals surface area (Å²) < 4.78 is 38.2. The lowest BCUT2D eigenvalue weighted by Gasteiger charge is -2.36. The van der Waals surface area contributed by atoms with Crippen LogP contribution >= 0.6 is 15.9 Å². The smallest absolute Gasteiger partial charge is 0.190 e. The molecule has 1 aromatic rings. The van der Waals surface area contributed by atoms with E-state index in [4.69, 9.17) is 9.47 Å². The molecule has 1 aliphatic heterocycles. The van der Waals surface area contributed by atoms with Gasteiger partial charge in [0.1, 0.15) is 12.7 Å². The minimum Gasteiger partial charge on any atom is -0.485 e. The lowest BCUT2D eigenvalue weighted by molar-refractivity contribution is -0.0787. The Morgan fingerprint density at radius 1 is 1.32 bits per heavy atom. The first-order valence-electron chi connectivity index (χ1n) is 7.18. The summed E-state index contributed by atoms with van der Waals surface area (Å²) in [6.45, 7) is 5.56. The molecule has 0 aromatic heterocycles. The largest absolute Gasteiger partial charge is 0.485 e. The van der Waals surface area contributed by atoms with Gasteiger partial charge in [0, 0.05) is 24.1 Å². The Balaban J connectivity index is 1.86. The van der Waals surface area contributed by atoms with Crippen molar-refractivity contribution in [2.75, 3.05) is 26.2 Å². The van der Waals surface area contributed by atoms with E-state index in [-0.39, 0.29) is 18.8 Å². The molecule has 0 unspecified atom stereocenters. The Morgan fingerprint density at radius 2 is 1.86 bits per heavy atom. The number of morpholine rings is 1. The van der Waals surface area contributed by atoms with Crippen molar-refractivity contribution in [2.24, 2.45) is 0 Å². The summed E-state index contributed by atoms with van der Waals surface area (Å²) in [6, 6.07) is 2.24. The summed E-state index contributed by atoms with van der Waals surface area (Å²) in [5.74, 6) is -2.06. The van der Waals surface area contributed by atoms with E-state index in [1.54, 1.807) is 0 Å². The third-order valence-corrected chi connectivity index (χ3v) is 3.81. The van der Waals surface area contributed by atoms with Gasteiger partial charge in [0.05, 0.1) is 12.2 Å². The highest BCUT2D eigenvalue weighted by Crippen LogP contribution is 2.26. The fourth-order valence-corrected chi connectivity index (χ4v) is 3.03. The number of hydrogen-bond acceptors (Lipinski definition) is 4. The normalized spacial score (nSPS) is 24.3. The van der Waals surface area contributed by atoms with E-state index in [0.29, 0.717) is 24.1 Å². The van der Waals surface area contributed by atoms with Crippen molar-refractivity contribution in [1.82, 2.24) is 4.90 Å². The fraction of sp³-hybridized carbons (Fsp3) is 0.600. The van der Waals surface area contributed by atoms with Crippen molar-refractivity contribution in [2.45, 2.75) is 32.2 Å². The zero-order valence-electron chi connectivity index (χ0n) is 12.6. The van der Waals surface area contributed by atoms with Gasteiger partial charge in [-0.25, -0.2) is 8.78 Å². The Bertz CT molecular complexity index is 485. The van der Waals surface area contributed by atoms with E-state index < -0.39 is 23.5 Å². The van der Waals surface area contributed by atoms with Gasteiger partial charge in [0.2, 0.25) is 0 Å². The van der Waals surface area contributed by atoms with Crippen LogP contribution in [0.5, 0.6) is 5.75 Å². The first kappa shape index (κ1) is 17.6. The first-order chi connectivity index (χ1) is 10.3. The molecular weight excluding hydrogens is 360 g/mol. The molecule has 1 fully saturated rings. The number of ether oxygens (including phenoxy) is 2. The van der Waals surface area contributed by atoms with Gasteiger partial charge >= 0.3 is 0 Å². The van der Waals surface area contributed by atoms with Crippen molar-refractivity contribution in [3.63, 3.8) is 0 Å². The Hall–Kier alpha value is -0.760. The predicted molar refractivity (Wildman–Crippen MR) is 82.0 cm³/mol. The SMILES string of the molecule is C[C@@H]1CN(C[C@@H](O)COc2c(F)cc(Br)cc2F)C[C@H](C)O1. The predicted octanol–water partition coefficient (Wildman–Crippen LogP) is 2.58. The number of aliphatic hydroxyl groups excluding tert-OH is 1. The van der Waals surface area contributed by atoms with Crippen molar-refractivity contribution in [3.05, 3.63) is 28.2 Å². The maximum atomic E-state index is 13.6. The van der Waals surface area contributed by atoms with Gasteiger partial charge in [0.15, 0.2) is 17.4 Å². The van der Waals surface area contributed by atoms with Crippen molar-refractivity contribution >= 4 is 15.9 Å². The second kappa shape index (κ2) is 7.68. The lowest BCUT2D eigenvalue weighted by Crippen LogP contribution is -2.48. The highest BCUT2D eigenvalue weighted by molar-refractivity contribution is 9.10. The van der Waals surface area contributed by atoms with Gasteiger partial charge in [-0.15, -0.1) is 0 Å². The third kappa shape index (κ3) is 4.87. The molecule has 7 heteroatoms. The highest BCUT2D eigenvalue weighted by atomic mass is 79.9. The number of halogens is 3. The molecule has 1 aromatic carbocycles. The van der Waals surface area contributed by atoms with Crippen LogP contribution in [-0.4, -0.2) is 54.6 Å². The minimum atomic E-state index is -0.833. The van der Waals surface area contributed by atoms with Gasteiger partial charge in [0.25, 0.3) is 0 Å². The van der Waals surface area contributed by atoms with Crippen LogP contribution in [0.2, 0.25) is 0 Å². The van der Waals surface area contributed by atoms with Gasteiger partial charge in [-0.3, -0.25) is 4.90 Å². The summed E-state index contributed by atoms with van der Waals surface area (Å²) >= 11 is 3.00. The number of aliphatic hydroxyl groups is 1. The number of nitrogens with zero attached hydrogens (tertiary/aromatic N) is 1. The van der Waals surface area contributed by atoms with Crippen LogP contribution < -0.4 is 4.74 Å². The molecule has 1 aliphatic rings. The summed E-state index contributed by atoms with van der Waals surface area (Å²) in [5.41, 5.74) is 0. The maximum Gasteiger partial charge on any atom is 0.190 e. The van der Waals surface area contributed by atoms with E-state index in [9.17, 15) is 13.9 Å². The molecule has 4 nitrogen and oxygen atoms in total. The molecule has 1 heterocycles. The number of β-amino-alcohol motifs (C(OH)–C–C–N with tert-alkyl or cyclic N) is 1. The summed E-state index contributed by atoms with van der Waals surface area (Å²) in [4.78, 5) is 2.06. The quantitative estimate of drug-likeness (QED) is 0.853. The van der Waals surface area contributed by atoms with Gasteiger partial charge in [-0.2, -0.15) is 0 Å². The molecule has 0 radical (unpaired) electrons. The molecule has 22 heavy (non-hydrogen) atoms. The van der Waals surface area contributed by atoms with Crippen LogP contribution in [0.4, 0.5) is 8.78 Å². The molecule has 2 rings (SSSR count). The van der Waals surface area contributed by atoms with Gasteiger partial charge < -0.3 is 14.6 Å². The number of rotatable bonds is 5. The van der Waals surface area contributed by atoms with Gasteiger partial charge in [-0.1, -0.05) is 15.9 Å². The van der Waals surface area contributed by atoms with Gasteiger partial charge in [-0.05, 0) is 26.0 Å². The molecule has 124 valence electrons. The molecule has 0 spiro atoms. The van der Waals surface area contributed by atoms with Crippen molar-refractivity contribution in [3.8, 4) is 5.75 Å². The Kier molecular flexibility index (Phi) is 6.14. The van der Waals surface area contributed by atoms with E-state index in [2.05, 4.69) is 20.8 Å². The van der Waals surface area contributed by atoms with Crippen LogP contribution in [0.15, 0.2) is 16.6 Å². The fourth-order valence-electron chi connectivity index (χ4n) is 2.63. The summed E-state index contributed by atoms with van der Waals surface area (Å²) in [6.07, 6.45) is -0.642. The van der Waals surface area contributed by atoms with Crippen LogP contribution in [0.25, 0.3) is 0 Å². The average molecular weight is 380 g/mol. The van der Waals surface area contributed by atoms with Crippen molar-refractivity contribution < 1.29 is 23.4 Å². The van der Waals surface area contributed by atoms with Crippen molar-refractivity contribution in [1.29, 1.82) is 0 Å². The minimum absolute atomic E-state index is 0.0956. The van der Waals surface area contributed by atoms with Crippen LogP contribution in [0.1, 0.15) is 13.8 Å². The first-order valence-corrected chi connectivity index (χ1v) is 7.97. The molecule has 0 aliphatic carbocycles. The van der Waals surface area contributed by atoms with E-state index in [0.717, 1.165) is 12.1 Å². The molecular formula is C15H20BrF2NO3. The summed E-state index contributed by atoms with van der Waals surface area (Å²) in [5, 5.41) is 10.0. The molecule has 0 saturated carbocycles. The zero-order chi connectivity index (χ0) is 16.3. The Morgan fingerprint density at radius 3 is 2.41 bits per heavy atom. The second-order valence-electron chi connectivity index (χ2n) is 5.64. The van der Waals surface area contributed by atoms with E-state index >= 15 is 0 Å². The Labute approximate surface area is 137 Å². The van der Waals surface area contributed by atoms with Crippen LogP contribution in [0.3, 0.4) is 0 Å². The average Bonchev–Trinajstić information content (AvgIpc) is 2.35. The topological polar surface area (TPSA) is 41.9 Å². The molecule has 0 bridgehead atoms. The molecule has 1 N–H and O–H groups in total. The van der Waals surface area contributed by atoms with Crippen LogP contribution in [-0.2, 0) is 4.74 Å². The number of benzene rings is 1. The third-order valence-electron chi connectivity index (χ3n) is 3.35. The van der Waals surface area contributed by atoms with E-state index in [1.165, 1.54) is 0 Å². The maximum absolute atomic E-state index is 13.6. The molecule has 0 amide bonds. The highest BCUT2D eigenvalue weighted by Gasteiger charge is 2.24. The number of hydrogen-bond donors (Lipinski definition) is 1. The van der Waals surface area contributed by atoms with Crippen LogP contribution in [0, 0.1) is 11.6 Å². The monoisotopic (exact) mass is 379 g/mol. The van der Waals surface area contributed by atoms with E-state index in [1.807, 2.05) is 13.8 Å². The second-order valence-corrected chi connectivity index (χ2v) is 6.55. The molecule has 1 saturated heterocycles. The zero-order valence-corrected chi connectivity index (χ0v) is 14.1. The molecule has 3 atom stereocenters.